The van der Waals surface area contributed by atoms with Crippen LogP contribution in [0, 0.1) is 0 Å². The lowest BCUT2D eigenvalue weighted by atomic mass is 10.1. The van der Waals surface area contributed by atoms with Crippen molar-refractivity contribution in [2.24, 2.45) is 0 Å². The van der Waals surface area contributed by atoms with Crippen molar-refractivity contribution in [2.45, 2.75) is 12.5 Å². The highest BCUT2D eigenvalue weighted by atomic mass is 16.2. The molecule has 1 N–H and O–H groups in total. The summed E-state index contributed by atoms with van der Waals surface area (Å²) in [5.74, 6) is -0.812. The topological polar surface area (TPSA) is 69.7 Å². The standard InChI is InChI=1S/C8H11N3O3/c1-10-6(12)2-7(13)11(8(10)14)5-3-9-4-5/h5,9H,2-4H2,1H3. The zero-order valence-corrected chi connectivity index (χ0v) is 7.82. The monoisotopic (exact) mass is 197 g/mol. The van der Waals surface area contributed by atoms with Crippen molar-refractivity contribution in [1.29, 1.82) is 0 Å². The van der Waals surface area contributed by atoms with Gasteiger partial charge in [-0.05, 0) is 0 Å². The molecule has 4 amide bonds. The summed E-state index contributed by atoms with van der Waals surface area (Å²) in [6, 6.07) is -0.580. The zero-order valence-electron chi connectivity index (χ0n) is 7.82. The van der Waals surface area contributed by atoms with Crippen LogP contribution in [0.4, 0.5) is 4.79 Å². The summed E-state index contributed by atoms with van der Waals surface area (Å²) in [5, 5.41) is 2.98. The lowest BCUT2D eigenvalue weighted by molar-refractivity contribution is -0.143. The molecule has 2 aliphatic heterocycles. The Morgan fingerprint density at radius 3 is 2.36 bits per heavy atom. The van der Waals surface area contributed by atoms with E-state index in [-0.39, 0.29) is 18.4 Å². The SMILES string of the molecule is CN1C(=O)CC(=O)N(C2CNC2)C1=O. The fourth-order valence-corrected chi connectivity index (χ4v) is 1.52. The van der Waals surface area contributed by atoms with Crippen LogP contribution in [0.1, 0.15) is 6.42 Å². The molecule has 6 heteroatoms. The lowest BCUT2D eigenvalue weighted by Crippen LogP contribution is -2.65. The summed E-state index contributed by atoms with van der Waals surface area (Å²) in [7, 11) is 1.40. The van der Waals surface area contributed by atoms with Gasteiger partial charge in [-0.15, -0.1) is 0 Å². The lowest BCUT2D eigenvalue weighted by Gasteiger charge is -2.40. The quantitative estimate of drug-likeness (QED) is 0.534. The van der Waals surface area contributed by atoms with Crippen molar-refractivity contribution in [3.8, 4) is 0 Å². The molecule has 0 aromatic heterocycles. The first kappa shape index (κ1) is 9.14. The number of imide groups is 2. The maximum atomic E-state index is 11.6. The first-order valence-corrected chi connectivity index (χ1v) is 4.44. The van der Waals surface area contributed by atoms with E-state index in [4.69, 9.17) is 0 Å². The predicted octanol–water partition coefficient (Wildman–Crippen LogP) is -1.23. The third kappa shape index (κ3) is 1.19. The summed E-state index contributed by atoms with van der Waals surface area (Å²) < 4.78 is 0. The van der Waals surface area contributed by atoms with Crippen LogP contribution in [0.5, 0.6) is 0 Å². The van der Waals surface area contributed by atoms with Gasteiger partial charge in [0.2, 0.25) is 11.8 Å². The number of nitrogens with one attached hydrogen (secondary N) is 1. The highest BCUT2D eigenvalue weighted by molar-refractivity contribution is 6.14. The van der Waals surface area contributed by atoms with Gasteiger partial charge in [0, 0.05) is 20.1 Å². The van der Waals surface area contributed by atoms with Crippen molar-refractivity contribution in [3.63, 3.8) is 0 Å². The van der Waals surface area contributed by atoms with Gasteiger partial charge >= 0.3 is 6.03 Å². The molecule has 6 nitrogen and oxygen atoms in total. The molecule has 0 atom stereocenters. The van der Waals surface area contributed by atoms with E-state index in [1.54, 1.807) is 0 Å². The molecule has 0 unspecified atom stereocenters. The van der Waals surface area contributed by atoms with E-state index in [0.29, 0.717) is 13.1 Å². The van der Waals surface area contributed by atoms with E-state index in [1.807, 2.05) is 0 Å². The van der Waals surface area contributed by atoms with Crippen LogP contribution in [0.15, 0.2) is 0 Å². The van der Waals surface area contributed by atoms with Crippen molar-refractivity contribution in [3.05, 3.63) is 0 Å². The van der Waals surface area contributed by atoms with E-state index in [1.165, 1.54) is 11.9 Å². The molecule has 0 bridgehead atoms. The minimum Gasteiger partial charge on any atom is -0.312 e. The molecule has 0 radical (unpaired) electrons. The summed E-state index contributed by atoms with van der Waals surface area (Å²) in [5.41, 5.74) is 0. The zero-order chi connectivity index (χ0) is 10.3. The van der Waals surface area contributed by atoms with Crippen LogP contribution < -0.4 is 5.32 Å². The molecule has 76 valence electrons. The number of rotatable bonds is 1. The van der Waals surface area contributed by atoms with Gasteiger partial charge in [0.05, 0.1) is 6.04 Å². The largest absolute Gasteiger partial charge is 0.333 e. The number of barbiturate groups is 1. The summed E-state index contributed by atoms with van der Waals surface area (Å²) >= 11 is 0. The molecule has 0 aliphatic carbocycles. The Kier molecular flexibility index (Phi) is 1.99. The van der Waals surface area contributed by atoms with Gasteiger partial charge in [-0.1, -0.05) is 0 Å². The van der Waals surface area contributed by atoms with Gasteiger partial charge in [-0.25, -0.2) is 4.79 Å². The second-order valence-electron chi connectivity index (χ2n) is 3.49. The Morgan fingerprint density at radius 1 is 1.21 bits per heavy atom. The molecule has 2 aliphatic rings. The number of hydrogen-bond donors (Lipinski definition) is 1. The van der Waals surface area contributed by atoms with E-state index >= 15 is 0 Å². The van der Waals surface area contributed by atoms with Gasteiger partial charge < -0.3 is 5.32 Å². The van der Waals surface area contributed by atoms with E-state index in [2.05, 4.69) is 5.32 Å². The summed E-state index contributed by atoms with van der Waals surface area (Å²) in [4.78, 5) is 36.3. The van der Waals surface area contributed by atoms with Crippen LogP contribution in [-0.4, -0.2) is 53.8 Å². The second kappa shape index (κ2) is 3.06. The van der Waals surface area contributed by atoms with Gasteiger partial charge in [0.25, 0.3) is 0 Å². The molecule has 14 heavy (non-hydrogen) atoms. The molecule has 0 aromatic rings. The third-order valence-corrected chi connectivity index (χ3v) is 2.56. The summed E-state index contributed by atoms with van der Waals surface area (Å²) in [6.07, 6.45) is -0.196. The van der Waals surface area contributed by atoms with E-state index < -0.39 is 11.9 Å². The van der Waals surface area contributed by atoms with Gasteiger partial charge in [-0.3, -0.25) is 19.4 Å². The molecule has 0 spiro atoms. The summed E-state index contributed by atoms with van der Waals surface area (Å²) in [6.45, 7) is 1.25. The van der Waals surface area contributed by atoms with Gasteiger partial charge in [-0.2, -0.15) is 0 Å². The maximum absolute atomic E-state index is 11.6. The van der Waals surface area contributed by atoms with Gasteiger partial charge in [0.15, 0.2) is 0 Å². The smallest absolute Gasteiger partial charge is 0.312 e. The minimum absolute atomic E-state index is 0.0782. The highest BCUT2D eigenvalue weighted by Gasteiger charge is 2.41. The number of nitrogens with zero attached hydrogens (tertiary/aromatic N) is 2. The number of carbonyl (C=O) groups is 3. The van der Waals surface area contributed by atoms with E-state index in [0.717, 1.165) is 4.90 Å². The Morgan fingerprint density at radius 2 is 1.86 bits per heavy atom. The van der Waals surface area contributed by atoms with Crippen LogP contribution in [0.2, 0.25) is 0 Å². The Bertz CT molecular complexity index is 311. The molecule has 2 heterocycles. The Hall–Kier alpha value is -1.43. The average molecular weight is 197 g/mol. The van der Waals surface area contributed by atoms with Crippen molar-refractivity contribution < 1.29 is 14.4 Å². The second-order valence-corrected chi connectivity index (χ2v) is 3.49. The number of hydrogen-bond acceptors (Lipinski definition) is 4. The van der Waals surface area contributed by atoms with Crippen LogP contribution in [0.25, 0.3) is 0 Å². The molecule has 0 saturated carbocycles. The van der Waals surface area contributed by atoms with Crippen LogP contribution >= 0.6 is 0 Å². The Labute approximate surface area is 80.8 Å². The molecule has 2 rings (SSSR count). The molecular weight excluding hydrogens is 186 g/mol. The van der Waals surface area contributed by atoms with Crippen molar-refractivity contribution >= 4 is 17.8 Å². The fraction of sp³-hybridized carbons (Fsp3) is 0.625. The highest BCUT2D eigenvalue weighted by Crippen LogP contribution is 2.15. The molecule has 2 fully saturated rings. The third-order valence-electron chi connectivity index (χ3n) is 2.56. The van der Waals surface area contributed by atoms with Crippen molar-refractivity contribution in [2.75, 3.05) is 20.1 Å². The molecule has 2 saturated heterocycles. The maximum Gasteiger partial charge on any atom is 0.333 e. The molecule has 0 aromatic carbocycles. The van der Waals surface area contributed by atoms with E-state index in [9.17, 15) is 14.4 Å². The molecular formula is C8H11N3O3. The van der Waals surface area contributed by atoms with Crippen LogP contribution in [0.3, 0.4) is 0 Å². The van der Waals surface area contributed by atoms with Gasteiger partial charge in [0.1, 0.15) is 6.42 Å². The number of carbonyl (C=O) groups excluding carboxylic acids is 3. The fourth-order valence-electron chi connectivity index (χ4n) is 1.52. The first-order valence-electron chi connectivity index (χ1n) is 4.44. The normalized spacial score (nSPS) is 24.2. The predicted molar refractivity (Wildman–Crippen MR) is 46.3 cm³/mol. The Balaban J connectivity index is 2.18. The first-order chi connectivity index (χ1) is 6.61. The average Bonchev–Trinajstić information content (AvgIpc) is 2.05. The minimum atomic E-state index is -0.502. The number of amides is 4. The number of urea groups is 1. The van der Waals surface area contributed by atoms with Crippen LogP contribution in [-0.2, 0) is 9.59 Å². The van der Waals surface area contributed by atoms with Crippen molar-refractivity contribution in [1.82, 2.24) is 15.1 Å².